The molecule has 2 heterocycles. The Kier molecular flexibility index (Phi) is 2.74. The lowest BCUT2D eigenvalue weighted by Gasteiger charge is -2.24. The van der Waals surface area contributed by atoms with E-state index in [9.17, 15) is 4.79 Å². The molecule has 0 saturated heterocycles. The normalized spacial score (nSPS) is 17.1. The van der Waals surface area contributed by atoms with Crippen LogP contribution in [0.15, 0.2) is 23.1 Å². The molecule has 2 aromatic heterocycles. The number of nitrogens with two attached hydrogens (primary N) is 1. The van der Waals surface area contributed by atoms with Crippen LogP contribution >= 0.6 is 0 Å². The second-order valence-electron chi connectivity index (χ2n) is 4.84. The standard InChI is InChI=1S/C13H16N4O/c14-13-15-8-9-6-7-11(18)17(12(9)16-13)10-4-2-1-3-5-10/h6-8,10H,1-5H2,(H2,14,15,16). The fourth-order valence-electron chi connectivity index (χ4n) is 2.74. The molecule has 0 aliphatic heterocycles. The maximum atomic E-state index is 12.1. The summed E-state index contributed by atoms with van der Waals surface area (Å²) in [5, 5.41) is 0.870. The van der Waals surface area contributed by atoms with Gasteiger partial charge in [-0.2, -0.15) is 4.98 Å². The highest BCUT2D eigenvalue weighted by Crippen LogP contribution is 2.28. The van der Waals surface area contributed by atoms with E-state index < -0.39 is 0 Å². The first-order valence-corrected chi connectivity index (χ1v) is 6.39. The summed E-state index contributed by atoms with van der Waals surface area (Å²) in [5.74, 6) is 0.220. The van der Waals surface area contributed by atoms with Crippen molar-refractivity contribution in [1.29, 1.82) is 0 Å². The molecule has 18 heavy (non-hydrogen) atoms. The lowest BCUT2D eigenvalue weighted by Crippen LogP contribution is -2.26. The summed E-state index contributed by atoms with van der Waals surface area (Å²) >= 11 is 0. The van der Waals surface area contributed by atoms with Gasteiger partial charge in [-0.1, -0.05) is 19.3 Å². The van der Waals surface area contributed by atoms with Gasteiger partial charge in [0.05, 0.1) is 0 Å². The van der Waals surface area contributed by atoms with Gasteiger partial charge < -0.3 is 5.73 Å². The molecular weight excluding hydrogens is 228 g/mol. The highest BCUT2D eigenvalue weighted by molar-refractivity contribution is 5.74. The summed E-state index contributed by atoms with van der Waals surface area (Å²) in [6.45, 7) is 0. The molecule has 0 atom stereocenters. The van der Waals surface area contributed by atoms with Crippen molar-refractivity contribution in [3.05, 3.63) is 28.7 Å². The molecule has 0 amide bonds. The molecule has 5 nitrogen and oxygen atoms in total. The lowest BCUT2D eigenvalue weighted by molar-refractivity contribution is 0.353. The van der Waals surface area contributed by atoms with Crippen molar-refractivity contribution in [3.8, 4) is 0 Å². The van der Waals surface area contributed by atoms with Crippen LogP contribution in [-0.4, -0.2) is 14.5 Å². The Balaban J connectivity index is 2.21. The molecule has 2 aromatic rings. The van der Waals surface area contributed by atoms with Gasteiger partial charge in [-0.05, 0) is 18.9 Å². The van der Waals surface area contributed by atoms with Crippen LogP contribution in [0.3, 0.4) is 0 Å². The van der Waals surface area contributed by atoms with Gasteiger partial charge >= 0.3 is 0 Å². The van der Waals surface area contributed by atoms with Gasteiger partial charge in [0.25, 0.3) is 5.56 Å². The minimum absolute atomic E-state index is 0.00694. The molecule has 0 aromatic carbocycles. The van der Waals surface area contributed by atoms with Crippen molar-refractivity contribution in [2.45, 2.75) is 38.1 Å². The number of hydrogen-bond donors (Lipinski definition) is 1. The Morgan fingerprint density at radius 2 is 2.00 bits per heavy atom. The predicted octanol–water partition coefficient (Wildman–Crippen LogP) is 1.88. The third-order valence-corrected chi connectivity index (χ3v) is 3.63. The smallest absolute Gasteiger partial charge is 0.252 e. The van der Waals surface area contributed by atoms with Crippen molar-refractivity contribution < 1.29 is 0 Å². The minimum Gasteiger partial charge on any atom is -0.368 e. The average Bonchev–Trinajstić information content (AvgIpc) is 2.39. The average molecular weight is 244 g/mol. The summed E-state index contributed by atoms with van der Waals surface area (Å²) < 4.78 is 1.80. The quantitative estimate of drug-likeness (QED) is 0.831. The lowest BCUT2D eigenvalue weighted by atomic mass is 9.95. The molecule has 1 fully saturated rings. The first-order valence-electron chi connectivity index (χ1n) is 6.39. The maximum absolute atomic E-state index is 12.1. The molecular formula is C13H16N4O. The summed E-state index contributed by atoms with van der Waals surface area (Å²) in [7, 11) is 0. The second kappa shape index (κ2) is 4.40. The summed E-state index contributed by atoms with van der Waals surface area (Å²) in [4.78, 5) is 20.3. The number of anilines is 1. The molecule has 1 saturated carbocycles. The zero-order valence-corrected chi connectivity index (χ0v) is 10.2. The Hall–Kier alpha value is -1.91. The number of fused-ring (bicyclic) bond motifs is 1. The predicted molar refractivity (Wildman–Crippen MR) is 70.3 cm³/mol. The summed E-state index contributed by atoms with van der Waals surface area (Å²) in [5.41, 5.74) is 6.31. The number of nitrogens with zero attached hydrogens (tertiary/aromatic N) is 3. The van der Waals surface area contributed by atoms with E-state index in [0.29, 0.717) is 5.65 Å². The molecule has 0 unspecified atom stereocenters. The summed E-state index contributed by atoms with van der Waals surface area (Å²) in [6.07, 6.45) is 7.37. The van der Waals surface area contributed by atoms with Crippen LogP contribution in [0.4, 0.5) is 5.95 Å². The molecule has 94 valence electrons. The van der Waals surface area contributed by atoms with E-state index in [1.54, 1.807) is 22.9 Å². The zero-order chi connectivity index (χ0) is 12.5. The van der Waals surface area contributed by atoms with Crippen molar-refractivity contribution >= 4 is 17.0 Å². The van der Waals surface area contributed by atoms with E-state index in [1.807, 2.05) is 0 Å². The van der Waals surface area contributed by atoms with Gasteiger partial charge in [0.15, 0.2) is 0 Å². The highest BCUT2D eigenvalue weighted by Gasteiger charge is 2.18. The zero-order valence-electron chi connectivity index (χ0n) is 10.2. The highest BCUT2D eigenvalue weighted by atomic mass is 16.1. The molecule has 1 aliphatic rings. The third-order valence-electron chi connectivity index (χ3n) is 3.63. The molecule has 2 N–H and O–H groups in total. The number of hydrogen-bond acceptors (Lipinski definition) is 4. The molecule has 5 heteroatoms. The summed E-state index contributed by atoms with van der Waals surface area (Å²) in [6, 6.07) is 3.61. The van der Waals surface area contributed by atoms with E-state index >= 15 is 0 Å². The molecule has 0 bridgehead atoms. The van der Waals surface area contributed by atoms with E-state index in [4.69, 9.17) is 5.73 Å². The SMILES string of the molecule is Nc1ncc2ccc(=O)n(C3CCCCC3)c2n1. The fraction of sp³-hybridized carbons (Fsp3) is 0.462. The number of nitrogen functional groups attached to an aromatic ring is 1. The first-order chi connectivity index (χ1) is 8.75. The van der Waals surface area contributed by atoms with Crippen LogP contribution in [0.1, 0.15) is 38.1 Å². The third kappa shape index (κ3) is 1.85. The van der Waals surface area contributed by atoms with Gasteiger partial charge in [0.2, 0.25) is 5.95 Å². The fourth-order valence-corrected chi connectivity index (χ4v) is 2.74. The van der Waals surface area contributed by atoms with Crippen LogP contribution < -0.4 is 11.3 Å². The van der Waals surface area contributed by atoms with Crippen molar-refractivity contribution in [3.63, 3.8) is 0 Å². The van der Waals surface area contributed by atoms with Crippen LogP contribution in [0.5, 0.6) is 0 Å². The monoisotopic (exact) mass is 244 g/mol. The Labute approximate surface area is 105 Å². The van der Waals surface area contributed by atoms with Crippen LogP contribution in [-0.2, 0) is 0 Å². The van der Waals surface area contributed by atoms with E-state index in [2.05, 4.69) is 9.97 Å². The Morgan fingerprint density at radius 1 is 1.22 bits per heavy atom. The number of rotatable bonds is 1. The Morgan fingerprint density at radius 3 is 2.78 bits per heavy atom. The van der Waals surface area contributed by atoms with Gasteiger partial charge in [-0.25, -0.2) is 4.98 Å². The minimum atomic E-state index is 0.00694. The topological polar surface area (TPSA) is 73.8 Å². The molecule has 0 spiro atoms. The molecule has 1 aliphatic carbocycles. The van der Waals surface area contributed by atoms with Crippen molar-refractivity contribution in [2.75, 3.05) is 5.73 Å². The molecule has 0 radical (unpaired) electrons. The molecule has 3 rings (SSSR count). The van der Waals surface area contributed by atoms with Gasteiger partial charge in [0, 0.05) is 23.7 Å². The van der Waals surface area contributed by atoms with Crippen LogP contribution in [0.2, 0.25) is 0 Å². The van der Waals surface area contributed by atoms with Crippen molar-refractivity contribution in [1.82, 2.24) is 14.5 Å². The maximum Gasteiger partial charge on any atom is 0.252 e. The van der Waals surface area contributed by atoms with Gasteiger partial charge in [-0.3, -0.25) is 9.36 Å². The van der Waals surface area contributed by atoms with Gasteiger partial charge in [0.1, 0.15) is 5.65 Å². The number of pyridine rings is 1. The van der Waals surface area contributed by atoms with Gasteiger partial charge in [-0.15, -0.1) is 0 Å². The van der Waals surface area contributed by atoms with E-state index in [0.717, 1.165) is 18.2 Å². The first kappa shape index (κ1) is 11.2. The second-order valence-corrected chi connectivity index (χ2v) is 4.84. The Bertz CT molecular complexity index is 628. The largest absolute Gasteiger partial charge is 0.368 e. The van der Waals surface area contributed by atoms with E-state index in [-0.39, 0.29) is 17.5 Å². The van der Waals surface area contributed by atoms with Crippen LogP contribution in [0, 0.1) is 0 Å². The number of aromatic nitrogens is 3. The van der Waals surface area contributed by atoms with Crippen molar-refractivity contribution in [2.24, 2.45) is 0 Å². The van der Waals surface area contributed by atoms with Crippen LogP contribution in [0.25, 0.3) is 11.0 Å². The van der Waals surface area contributed by atoms with E-state index in [1.165, 1.54) is 19.3 Å².